The van der Waals surface area contributed by atoms with Gasteiger partial charge in [0, 0.05) is 5.56 Å². The zero-order valence-electron chi connectivity index (χ0n) is 17.7. The van der Waals surface area contributed by atoms with Crippen molar-refractivity contribution >= 4 is 11.5 Å². The molecule has 0 aliphatic heterocycles. The van der Waals surface area contributed by atoms with E-state index < -0.39 is 0 Å². The third kappa shape index (κ3) is 4.95. The molecule has 2 rings (SSSR count). The van der Waals surface area contributed by atoms with Gasteiger partial charge in [0.15, 0.2) is 5.78 Å². The second-order valence-corrected chi connectivity index (χ2v) is 7.58. The van der Waals surface area contributed by atoms with Crippen LogP contribution in [0.4, 0.5) is 5.69 Å². The van der Waals surface area contributed by atoms with Gasteiger partial charge >= 0.3 is 0 Å². The summed E-state index contributed by atoms with van der Waals surface area (Å²) < 4.78 is 0. The fraction of sp³-hybridized carbons (Fsp3) is 0.480. The molecule has 152 valence electrons. The molecule has 0 bridgehead atoms. The number of unbranched alkanes of at least 4 members (excludes halogenated alkanes) is 3. The summed E-state index contributed by atoms with van der Waals surface area (Å²) in [6.45, 7) is 6.45. The Bertz CT molecular complexity index is 781. The molecule has 3 N–H and O–H groups in total. The molecule has 0 saturated heterocycles. The first-order valence-corrected chi connectivity index (χ1v) is 10.8. The lowest BCUT2D eigenvalue weighted by molar-refractivity contribution is 0.103. The van der Waals surface area contributed by atoms with Crippen LogP contribution in [0.2, 0.25) is 0 Å². The van der Waals surface area contributed by atoms with Gasteiger partial charge in [-0.2, -0.15) is 0 Å². The van der Waals surface area contributed by atoms with E-state index in [1.807, 2.05) is 30.3 Å². The van der Waals surface area contributed by atoms with Gasteiger partial charge < -0.3 is 10.8 Å². The van der Waals surface area contributed by atoms with Crippen LogP contribution in [-0.4, -0.2) is 10.9 Å². The predicted molar refractivity (Wildman–Crippen MR) is 118 cm³/mol. The topological polar surface area (TPSA) is 63.3 Å². The van der Waals surface area contributed by atoms with Crippen molar-refractivity contribution in [1.29, 1.82) is 0 Å². The number of hydrogen-bond donors (Lipinski definition) is 2. The molecule has 2 aromatic rings. The Morgan fingerprint density at radius 1 is 0.821 bits per heavy atom. The number of carbonyl (C=O) groups is 1. The van der Waals surface area contributed by atoms with Crippen molar-refractivity contribution in [3.63, 3.8) is 0 Å². The molecule has 0 atom stereocenters. The monoisotopic (exact) mass is 381 g/mol. The first-order valence-electron chi connectivity index (χ1n) is 10.8. The van der Waals surface area contributed by atoms with Gasteiger partial charge in [-0.15, -0.1) is 0 Å². The van der Waals surface area contributed by atoms with Crippen molar-refractivity contribution in [3.8, 4) is 5.75 Å². The Balaban J connectivity index is 2.64. The summed E-state index contributed by atoms with van der Waals surface area (Å²) in [6.07, 6.45) is 8.95. The zero-order valence-corrected chi connectivity index (χ0v) is 17.7. The number of phenols is 1. The number of nitrogens with two attached hydrogens (primary N) is 1. The van der Waals surface area contributed by atoms with Crippen LogP contribution in [-0.2, 0) is 19.3 Å². The summed E-state index contributed by atoms with van der Waals surface area (Å²) in [6, 6.07) is 9.26. The fourth-order valence-electron chi connectivity index (χ4n) is 3.99. The van der Waals surface area contributed by atoms with Crippen molar-refractivity contribution in [2.75, 3.05) is 5.73 Å². The van der Waals surface area contributed by atoms with Gasteiger partial charge in [0.1, 0.15) is 5.75 Å². The van der Waals surface area contributed by atoms with Crippen LogP contribution in [0, 0.1) is 0 Å². The number of hydrogen-bond acceptors (Lipinski definition) is 3. The molecule has 0 aliphatic rings. The van der Waals surface area contributed by atoms with Crippen LogP contribution in [0.25, 0.3) is 0 Å². The number of ketones is 1. The average molecular weight is 382 g/mol. The van der Waals surface area contributed by atoms with Gasteiger partial charge in [-0.05, 0) is 42.4 Å². The fourth-order valence-corrected chi connectivity index (χ4v) is 3.99. The van der Waals surface area contributed by atoms with E-state index in [1.165, 1.54) is 12.8 Å². The van der Waals surface area contributed by atoms with E-state index >= 15 is 0 Å². The Morgan fingerprint density at radius 2 is 1.46 bits per heavy atom. The third-order valence-corrected chi connectivity index (χ3v) is 5.38. The number of benzene rings is 2. The van der Waals surface area contributed by atoms with E-state index in [9.17, 15) is 9.90 Å². The normalized spacial score (nSPS) is 11.0. The van der Waals surface area contributed by atoms with Crippen LogP contribution in [0.15, 0.2) is 30.3 Å². The highest BCUT2D eigenvalue weighted by Gasteiger charge is 2.25. The Hall–Kier alpha value is -2.29. The van der Waals surface area contributed by atoms with Crippen molar-refractivity contribution in [2.24, 2.45) is 0 Å². The summed E-state index contributed by atoms with van der Waals surface area (Å²) in [4.78, 5) is 13.4. The zero-order chi connectivity index (χ0) is 20.5. The lowest BCUT2D eigenvalue weighted by Gasteiger charge is -2.22. The van der Waals surface area contributed by atoms with Gasteiger partial charge in [-0.25, -0.2) is 0 Å². The first-order chi connectivity index (χ1) is 13.6. The minimum Gasteiger partial charge on any atom is -0.505 e. The number of anilines is 1. The van der Waals surface area contributed by atoms with E-state index in [0.29, 0.717) is 11.1 Å². The maximum absolute atomic E-state index is 13.4. The highest BCUT2D eigenvalue weighted by Crippen LogP contribution is 2.39. The lowest BCUT2D eigenvalue weighted by Crippen LogP contribution is -2.15. The molecule has 2 aromatic carbocycles. The SMILES string of the molecule is CCCCCCc1c(CCC)c(CCC)c(O)c(N)c1C(=O)c1ccccc1. The molecule has 0 heterocycles. The van der Waals surface area contributed by atoms with Crippen LogP contribution in [0.3, 0.4) is 0 Å². The van der Waals surface area contributed by atoms with Gasteiger partial charge in [-0.1, -0.05) is 83.2 Å². The van der Waals surface area contributed by atoms with Crippen molar-refractivity contribution in [3.05, 3.63) is 58.1 Å². The molecule has 3 heteroatoms. The summed E-state index contributed by atoms with van der Waals surface area (Å²) in [7, 11) is 0. The summed E-state index contributed by atoms with van der Waals surface area (Å²) in [5.41, 5.74) is 10.9. The number of nitrogen functional groups attached to an aromatic ring is 1. The average Bonchev–Trinajstić information content (AvgIpc) is 2.71. The standard InChI is InChI=1S/C25H35NO2/c1-4-7-8-12-17-20-19(13-5-2)21(14-6-3)25(28)23(26)22(20)24(27)18-15-10-9-11-16-18/h9-11,15-16,28H,4-8,12-14,17,26H2,1-3H3. The van der Waals surface area contributed by atoms with Gasteiger partial charge in [-0.3, -0.25) is 4.79 Å². The minimum atomic E-state index is -0.0840. The Kier molecular flexibility index (Phi) is 8.56. The molecule has 0 spiro atoms. The quantitative estimate of drug-likeness (QED) is 0.210. The summed E-state index contributed by atoms with van der Waals surface area (Å²) in [5, 5.41) is 10.9. The first kappa shape index (κ1) is 22.0. The molecule has 3 nitrogen and oxygen atoms in total. The molecule has 0 aromatic heterocycles. The Labute approximate surface area is 170 Å². The van der Waals surface area contributed by atoms with Gasteiger partial charge in [0.25, 0.3) is 0 Å². The minimum absolute atomic E-state index is 0.0840. The number of carbonyl (C=O) groups excluding carboxylic acids is 1. The van der Waals surface area contributed by atoms with Gasteiger partial charge in [0.2, 0.25) is 0 Å². The van der Waals surface area contributed by atoms with E-state index in [-0.39, 0.29) is 17.2 Å². The highest BCUT2D eigenvalue weighted by atomic mass is 16.3. The Morgan fingerprint density at radius 3 is 2.07 bits per heavy atom. The van der Waals surface area contributed by atoms with Crippen LogP contribution >= 0.6 is 0 Å². The van der Waals surface area contributed by atoms with Crippen LogP contribution in [0.5, 0.6) is 5.75 Å². The van der Waals surface area contributed by atoms with Crippen LogP contribution in [0.1, 0.15) is 91.9 Å². The molecule has 0 radical (unpaired) electrons. The second kappa shape index (κ2) is 10.9. The molecular formula is C25H35NO2. The maximum atomic E-state index is 13.4. The summed E-state index contributed by atoms with van der Waals surface area (Å²) in [5.74, 6) is 0.0289. The van der Waals surface area contributed by atoms with Crippen molar-refractivity contribution < 1.29 is 9.90 Å². The number of rotatable bonds is 11. The maximum Gasteiger partial charge on any atom is 0.195 e. The predicted octanol–water partition coefficient (Wildman–Crippen LogP) is 6.23. The molecule has 0 aliphatic carbocycles. The van der Waals surface area contributed by atoms with Crippen LogP contribution < -0.4 is 5.73 Å². The summed E-state index contributed by atoms with van der Waals surface area (Å²) >= 11 is 0. The largest absolute Gasteiger partial charge is 0.505 e. The van der Waals surface area contributed by atoms with Crippen molar-refractivity contribution in [1.82, 2.24) is 0 Å². The van der Waals surface area contributed by atoms with E-state index in [1.54, 1.807) is 0 Å². The van der Waals surface area contributed by atoms with Gasteiger partial charge in [0.05, 0.1) is 11.3 Å². The highest BCUT2D eigenvalue weighted by molar-refractivity contribution is 6.14. The number of phenolic OH excluding ortho intramolecular Hbond substituents is 1. The molecular weight excluding hydrogens is 346 g/mol. The molecule has 28 heavy (non-hydrogen) atoms. The second-order valence-electron chi connectivity index (χ2n) is 7.58. The molecule has 0 unspecified atom stereocenters. The third-order valence-electron chi connectivity index (χ3n) is 5.38. The molecule has 0 saturated carbocycles. The lowest BCUT2D eigenvalue weighted by atomic mass is 9.83. The smallest absolute Gasteiger partial charge is 0.195 e. The van der Waals surface area contributed by atoms with E-state index in [2.05, 4.69) is 20.8 Å². The van der Waals surface area contributed by atoms with Crippen molar-refractivity contribution in [2.45, 2.75) is 78.6 Å². The molecule has 0 fully saturated rings. The number of aromatic hydroxyl groups is 1. The van der Waals surface area contributed by atoms with E-state index in [0.717, 1.165) is 61.6 Å². The molecule has 0 amide bonds. The van der Waals surface area contributed by atoms with E-state index in [4.69, 9.17) is 5.73 Å².